The molecule has 0 aliphatic carbocycles. The van der Waals surface area contributed by atoms with Crippen LogP contribution in [0.2, 0.25) is 0 Å². The summed E-state index contributed by atoms with van der Waals surface area (Å²) < 4.78 is 0. The van der Waals surface area contributed by atoms with Crippen LogP contribution in [-0.2, 0) is 4.79 Å². The van der Waals surface area contributed by atoms with E-state index in [1.54, 1.807) is 6.20 Å². The number of nitrogens with one attached hydrogen (secondary N) is 2. The van der Waals surface area contributed by atoms with Crippen molar-refractivity contribution in [3.05, 3.63) is 18.0 Å². The molecule has 0 unspecified atom stereocenters. The molecule has 2 heterocycles. The van der Waals surface area contributed by atoms with Crippen LogP contribution in [0.4, 0.5) is 5.69 Å². The van der Waals surface area contributed by atoms with Crippen molar-refractivity contribution in [3.63, 3.8) is 0 Å². The molecule has 0 aromatic carbocycles. The lowest BCUT2D eigenvalue weighted by molar-refractivity contribution is -0.134. The molecule has 114 valence electrons. The lowest BCUT2D eigenvalue weighted by Gasteiger charge is -2.09. The summed E-state index contributed by atoms with van der Waals surface area (Å²) >= 11 is 0. The number of carbonyl (C=O) groups is 2. The minimum Gasteiger partial charge on any atom is -0.481 e. The number of carboxylic acids is 2. The molecule has 0 radical (unpaired) electrons. The summed E-state index contributed by atoms with van der Waals surface area (Å²) in [5.41, 5.74) is 1.36. The number of fused-ring (bicyclic) bond motifs is 1. The van der Waals surface area contributed by atoms with Gasteiger partial charge in [-0.05, 0) is 6.42 Å². The van der Waals surface area contributed by atoms with Crippen LogP contribution in [0.1, 0.15) is 37.0 Å². The highest BCUT2D eigenvalue weighted by molar-refractivity contribution is 6.03. The van der Waals surface area contributed by atoms with Crippen LogP contribution in [-0.4, -0.2) is 43.9 Å². The summed E-state index contributed by atoms with van der Waals surface area (Å²) in [5, 5.41) is 27.0. The maximum Gasteiger partial charge on any atom is 0.339 e. The van der Waals surface area contributed by atoms with Gasteiger partial charge >= 0.3 is 5.97 Å². The standard InChI is InChI=1S/C11H14N4O2.C2H4O2/c1-2-3-4-12-9-7-6-14-15-10(7)13-5-8(9)11(16)17;1-2(3)4/h5-6H,2-4H2,1H3,(H,16,17)(H2,12,13,14,15);1H3,(H,3,4). The Morgan fingerprint density at radius 2 is 2.00 bits per heavy atom. The molecule has 0 bridgehead atoms. The number of unbranched alkanes of at least 4 members (excludes halogenated alkanes) is 1. The van der Waals surface area contributed by atoms with Crippen molar-refractivity contribution in [2.75, 3.05) is 11.9 Å². The van der Waals surface area contributed by atoms with Crippen LogP contribution in [0.15, 0.2) is 12.4 Å². The molecule has 2 rings (SSSR count). The van der Waals surface area contributed by atoms with Gasteiger partial charge in [0.2, 0.25) is 0 Å². The van der Waals surface area contributed by atoms with Crippen molar-refractivity contribution in [1.29, 1.82) is 0 Å². The summed E-state index contributed by atoms with van der Waals surface area (Å²) in [6.07, 6.45) is 4.97. The second-order valence-corrected chi connectivity index (χ2v) is 4.28. The molecule has 0 saturated carbocycles. The van der Waals surface area contributed by atoms with Crippen LogP contribution in [0.25, 0.3) is 11.0 Å². The van der Waals surface area contributed by atoms with E-state index in [2.05, 4.69) is 27.4 Å². The average Bonchev–Trinajstić information content (AvgIpc) is 2.86. The number of aromatic amines is 1. The van der Waals surface area contributed by atoms with Crippen molar-refractivity contribution in [1.82, 2.24) is 15.2 Å². The molecule has 0 aliphatic heterocycles. The smallest absolute Gasteiger partial charge is 0.339 e. The number of H-pyrrole nitrogens is 1. The normalized spacial score (nSPS) is 9.81. The van der Waals surface area contributed by atoms with E-state index in [-0.39, 0.29) is 5.56 Å². The summed E-state index contributed by atoms with van der Waals surface area (Å²) in [6.45, 7) is 3.90. The Morgan fingerprint density at radius 3 is 2.57 bits per heavy atom. The van der Waals surface area contributed by atoms with Crippen molar-refractivity contribution in [2.45, 2.75) is 26.7 Å². The van der Waals surface area contributed by atoms with E-state index in [1.807, 2.05) is 0 Å². The van der Waals surface area contributed by atoms with Crippen LogP contribution in [0.3, 0.4) is 0 Å². The highest BCUT2D eigenvalue weighted by Gasteiger charge is 2.15. The molecule has 8 nitrogen and oxygen atoms in total. The quantitative estimate of drug-likeness (QED) is 0.620. The molecule has 0 aliphatic rings. The van der Waals surface area contributed by atoms with Crippen molar-refractivity contribution >= 4 is 28.7 Å². The van der Waals surface area contributed by atoms with E-state index >= 15 is 0 Å². The van der Waals surface area contributed by atoms with Crippen LogP contribution in [0.5, 0.6) is 0 Å². The number of aliphatic carboxylic acids is 1. The number of rotatable bonds is 5. The molecule has 4 N–H and O–H groups in total. The monoisotopic (exact) mass is 294 g/mol. The van der Waals surface area contributed by atoms with Crippen molar-refractivity contribution < 1.29 is 19.8 Å². The lowest BCUT2D eigenvalue weighted by Crippen LogP contribution is -2.08. The first kappa shape index (κ1) is 16.4. The molecule has 0 fully saturated rings. The fourth-order valence-electron chi connectivity index (χ4n) is 1.64. The predicted octanol–water partition coefficient (Wildman–Crippen LogP) is 1.96. The van der Waals surface area contributed by atoms with Crippen molar-refractivity contribution in [2.24, 2.45) is 0 Å². The van der Waals surface area contributed by atoms with E-state index in [4.69, 9.17) is 15.0 Å². The predicted molar refractivity (Wildman–Crippen MR) is 77.6 cm³/mol. The van der Waals surface area contributed by atoms with Gasteiger partial charge in [0.1, 0.15) is 5.56 Å². The summed E-state index contributed by atoms with van der Waals surface area (Å²) in [6, 6.07) is 0. The Kier molecular flexibility index (Phi) is 6.12. The van der Waals surface area contributed by atoms with Crippen LogP contribution < -0.4 is 5.32 Å². The van der Waals surface area contributed by atoms with Gasteiger partial charge in [-0.3, -0.25) is 9.89 Å². The van der Waals surface area contributed by atoms with Crippen molar-refractivity contribution in [3.8, 4) is 0 Å². The molecule has 0 amide bonds. The first-order chi connectivity index (χ1) is 9.97. The number of nitrogens with zero attached hydrogens (tertiary/aromatic N) is 2. The van der Waals surface area contributed by atoms with E-state index in [0.29, 0.717) is 16.7 Å². The fourth-order valence-corrected chi connectivity index (χ4v) is 1.64. The fraction of sp³-hybridized carbons (Fsp3) is 0.385. The third-order valence-corrected chi connectivity index (χ3v) is 2.54. The zero-order valence-electron chi connectivity index (χ0n) is 11.9. The number of carboxylic acid groups (broad SMARTS) is 2. The topological polar surface area (TPSA) is 128 Å². The number of hydrogen-bond donors (Lipinski definition) is 4. The third kappa shape index (κ3) is 4.75. The number of hydrogen-bond acceptors (Lipinski definition) is 5. The van der Waals surface area contributed by atoms with Gasteiger partial charge in [-0.2, -0.15) is 5.10 Å². The molecular weight excluding hydrogens is 276 g/mol. The van der Waals surface area contributed by atoms with E-state index < -0.39 is 11.9 Å². The van der Waals surface area contributed by atoms with Gasteiger partial charge in [-0.15, -0.1) is 0 Å². The first-order valence-corrected chi connectivity index (χ1v) is 6.46. The molecule has 21 heavy (non-hydrogen) atoms. The molecule has 0 atom stereocenters. The van der Waals surface area contributed by atoms with Gasteiger partial charge < -0.3 is 15.5 Å². The second-order valence-electron chi connectivity index (χ2n) is 4.28. The summed E-state index contributed by atoms with van der Waals surface area (Å²) in [7, 11) is 0. The van der Waals surface area contributed by atoms with Gasteiger partial charge in [0.05, 0.1) is 17.3 Å². The molecule has 0 saturated heterocycles. The summed E-state index contributed by atoms with van der Waals surface area (Å²) in [5.74, 6) is -1.82. The minimum absolute atomic E-state index is 0.176. The Balaban J connectivity index is 0.000000491. The Bertz CT molecular complexity index is 620. The maximum absolute atomic E-state index is 11.1. The molecule has 2 aromatic rings. The minimum atomic E-state index is -0.986. The Labute approximate surface area is 121 Å². The summed E-state index contributed by atoms with van der Waals surface area (Å²) in [4.78, 5) is 24.1. The highest BCUT2D eigenvalue weighted by atomic mass is 16.4. The Morgan fingerprint density at radius 1 is 1.33 bits per heavy atom. The maximum atomic E-state index is 11.1. The second kappa shape index (κ2) is 7.83. The number of pyridine rings is 1. The third-order valence-electron chi connectivity index (χ3n) is 2.54. The molecular formula is C13H18N4O4. The number of aromatic carboxylic acids is 1. The lowest BCUT2D eigenvalue weighted by atomic mass is 10.2. The zero-order chi connectivity index (χ0) is 15.8. The Hall–Kier alpha value is -2.64. The first-order valence-electron chi connectivity index (χ1n) is 6.46. The average molecular weight is 294 g/mol. The number of aromatic nitrogens is 3. The van der Waals surface area contributed by atoms with E-state index in [1.165, 1.54) is 6.20 Å². The SMILES string of the molecule is CC(=O)O.CCCCNc1c(C(=O)O)cnc2[nH]ncc12. The van der Waals surface area contributed by atoms with Gasteiger partial charge in [-0.1, -0.05) is 13.3 Å². The zero-order valence-corrected chi connectivity index (χ0v) is 11.9. The number of anilines is 1. The van der Waals surface area contributed by atoms with Gasteiger partial charge in [0.25, 0.3) is 5.97 Å². The highest BCUT2D eigenvalue weighted by Crippen LogP contribution is 2.24. The van der Waals surface area contributed by atoms with E-state index in [0.717, 1.165) is 26.3 Å². The molecule has 8 heteroatoms. The molecule has 0 spiro atoms. The molecule has 2 aromatic heterocycles. The van der Waals surface area contributed by atoms with Gasteiger partial charge in [0.15, 0.2) is 5.65 Å². The van der Waals surface area contributed by atoms with Gasteiger partial charge in [0, 0.05) is 19.7 Å². The largest absolute Gasteiger partial charge is 0.481 e. The van der Waals surface area contributed by atoms with Crippen LogP contribution in [0, 0.1) is 0 Å². The van der Waals surface area contributed by atoms with Crippen LogP contribution >= 0.6 is 0 Å². The van der Waals surface area contributed by atoms with Gasteiger partial charge in [-0.25, -0.2) is 9.78 Å². The van der Waals surface area contributed by atoms with E-state index in [9.17, 15) is 4.79 Å².